The molecule has 1 saturated heterocycles. The first kappa shape index (κ1) is 14.1. The van der Waals surface area contributed by atoms with Crippen LogP contribution in [-0.4, -0.2) is 59.6 Å². The zero-order valence-corrected chi connectivity index (χ0v) is 11.6. The second-order valence-corrected chi connectivity index (χ2v) is 5.07. The van der Waals surface area contributed by atoms with Crippen LogP contribution in [0.1, 0.15) is 29.7 Å². The van der Waals surface area contributed by atoms with Gasteiger partial charge in [-0.25, -0.2) is 0 Å². The van der Waals surface area contributed by atoms with E-state index >= 15 is 0 Å². The van der Waals surface area contributed by atoms with Crippen molar-refractivity contribution >= 4 is 5.91 Å². The summed E-state index contributed by atoms with van der Waals surface area (Å²) in [5.41, 5.74) is 0. The molecule has 1 aliphatic rings. The number of amides is 1. The molecule has 0 radical (unpaired) electrons. The molecule has 1 atom stereocenters. The molecule has 106 valence electrons. The van der Waals surface area contributed by atoms with Gasteiger partial charge in [0.25, 0.3) is 5.91 Å². The molecule has 0 unspecified atom stereocenters. The minimum Gasteiger partial charge on any atom is -0.456 e. The molecule has 2 heterocycles. The second-order valence-electron chi connectivity index (χ2n) is 5.07. The molecular formula is C14H22N2O3. The van der Waals surface area contributed by atoms with E-state index in [1.807, 2.05) is 18.7 Å². The first-order valence-electron chi connectivity index (χ1n) is 6.86. The van der Waals surface area contributed by atoms with Crippen LogP contribution in [0.15, 0.2) is 16.5 Å². The SMILES string of the molecule is CC[C@@H](O)CN1CCN(C(=O)c2ccc(C)o2)CC1. The van der Waals surface area contributed by atoms with Crippen LogP contribution in [0.3, 0.4) is 0 Å². The number of β-amino-alcohol motifs (C(OH)–C–C–N with tert-alkyl or cyclic N) is 1. The number of furan rings is 1. The van der Waals surface area contributed by atoms with Crippen molar-refractivity contribution in [3.63, 3.8) is 0 Å². The molecule has 0 aromatic carbocycles. The zero-order valence-electron chi connectivity index (χ0n) is 11.6. The zero-order chi connectivity index (χ0) is 13.8. The summed E-state index contributed by atoms with van der Waals surface area (Å²) in [6, 6.07) is 3.53. The smallest absolute Gasteiger partial charge is 0.289 e. The maximum absolute atomic E-state index is 12.2. The third-order valence-corrected chi connectivity index (χ3v) is 3.55. The number of carbonyl (C=O) groups is 1. The van der Waals surface area contributed by atoms with Crippen molar-refractivity contribution < 1.29 is 14.3 Å². The van der Waals surface area contributed by atoms with E-state index in [1.54, 1.807) is 12.1 Å². The van der Waals surface area contributed by atoms with Crippen LogP contribution in [-0.2, 0) is 0 Å². The van der Waals surface area contributed by atoms with Gasteiger partial charge in [0.15, 0.2) is 5.76 Å². The molecule has 0 aliphatic carbocycles. The highest BCUT2D eigenvalue weighted by Crippen LogP contribution is 2.12. The number of aliphatic hydroxyl groups excluding tert-OH is 1. The van der Waals surface area contributed by atoms with Crippen molar-refractivity contribution in [3.05, 3.63) is 23.7 Å². The molecule has 1 fully saturated rings. The van der Waals surface area contributed by atoms with Crippen molar-refractivity contribution in [1.29, 1.82) is 0 Å². The molecule has 0 bridgehead atoms. The lowest BCUT2D eigenvalue weighted by molar-refractivity contribution is 0.0499. The Balaban J connectivity index is 1.84. The lowest BCUT2D eigenvalue weighted by Gasteiger charge is -2.35. The topological polar surface area (TPSA) is 56.9 Å². The molecule has 1 aliphatic heterocycles. The van der Waals surface area contributed by atoms with Gasteiger partial charge in [-0.3, -0.25) is 9.69 Å². The van der Waals surface area contributed by atoms with Crippen LogP contribution >= 0.6 is 0 Å². The fourth-order valence-corrected chi connectivity index (χ4v) is 2.27. The Kier molecular flexibility index (Phi) is 4.61. The van der Waals surface area contributed by atoms with E-state index in [-0.39, 0.29) is 12.0 Å². The van der Waals surface area contributed by atoms with E-state index in [0.29, 0.717) is 25.4 Å². The monoisotopic (exact) mass is 266 g/mol. The van der Waals surface area contributed by atoms with Crippen molar-refractivity contribution in [2.75, 3.05) is 32.7 Å². The van der Waals surface area contributed by atoms with E-state index in [2.05, 4.69) is 4.90 Å². The number of rotatable bonds is 4. The number of nitrogens with zero attached hydrogens (tertiary/aromatic N) is 2. The average Bonchev–Trinajstić information content (AvgIpc) is 2.85. The standard InChI is InChI=1S/C14H22N2O3/c1-3-12(17)10-15-6-8-16(9-7-15)14(18)13-5-4-11(2)19-13/h4-5,12,17H,3,6-10H2,1-2H3/t12-/m1/s1. The second kappa shape index (κ2) is 6.21. The number of carbonyl (C=O) groups excluding carboxylic acids is 1. The number of aliphatic hydroxyl groups is 1. The fraction of sp³-hybridized carbons (Fsp3) is 0.643. The van der Waals surface area contributed by atoms with Gasteiger partial charge in [0.05, 0.1) is 6.10 Å². The van der Waals surface area contributed by atoms with Crippen LogP contribution in [0.2, 0.25) is 0 Å². The maximum atomic E-state index is 12.2. The molecule has 1 amide bonds. The fourth-order valence-electron chi connectivity index (χ4n) is 2.27. The summed E-state index contributed by atoms with van der Waals surface area (Å²) in [5.74, 6) is 1.14. The Hall–Kier alpha value is -1.33. The van der Waals surface area contributed by atoms with Crippen LogP contribution in [0.25, 0.3) is 0 Å². The summed E-state index contributed by atoms with van der Waals surface area (Å²) >= 11 is 0. The highest BCUT2D eigenvalue weighted by molar-refractivity contribution is 5.91. The van der Waals surface area contributed by atoms with E-state index < -0.39 is 0 Å². The summed E-state index contributed by atoms with van der Waals surface area (Å²) in [7, 11) is 0. The average molecular weight is 266 g/mol. The number of hydrogen-bond acceptors (Lipinski definition) is 4. The minimum atomic E-state index is -0.269. The van der Waals surface area contributed by atoms with Gasteiger partial charge in [-0.05, 0) is 25.5 Å². The van der Waals surface area contributed by atoms with Gasteiger partial charge in [0.1, 0.15) is 5.76 Å². The summed E-state index contributed by atoms with van der Waals surface area (Å²) in [6.45, 7) is 7.50. The largest absolute Gasteiger partial charge is 0.456 e. The van der Waals surface area contributed by atoms with Gasteiger partial charge in [0, 0.05) is 32.7 Å². The Morgan fingerprint density at radius 3 is 2.58 bits per heavy atom. The Bertz CT molecular complexity index is 422. The van der Waals surface area contributed by atoms with Gasteiger partial charge < -0.3 is 14.4 Å². The maximum Gasteiger partial charge on any atom is 0.289 e. The van der Waals surface area contributed by atoms with Crippen molar-refractivity contribution in [2.45, 2.75) is 26.4 Å². The molecule has 0 spiro atoms. The van der Waals surface area contributed by atoms with E-state index in [4.69, 9.17) is 4.42 Å². The molecule has 5 heteroatoms. The van der Waals surface area contributed by atoms with Gasteiger partial charge in [-0.1, -0.05) is 6.92 Å². The lowest BCUT2D eigenvalue weighted by atomic mass is 10.2. The molecular weight excluding hydrogens is 244 g/mol. The van der Waals surface area contributed by atoms with Crippen molar-refractivity contribution in [2.24, 2.45) is 0 Å². The van der Waals surface area contributed by atoms with E-state index in [9.17, 15) is 9.90 Å². The van der Waals surface area contributed by atoms with Crippen LogP contribution in [0.4, 0.5) is 0 Å². The Morgan fingerprint density at radius 2 is 2.05 bits per heavy atom. The van der Waals surface area contributed by atoms with Crippen LogP contribution < -0.4 is 0 Å². The summed E-state index contributed by atoms with van der Waals surface area (Å²) in [6.07, 6.45) is 0.500. The third kappa shape index (κ3) is 3.58. The molecule has 1 N–H and O–H groups in total. The molecule has 2 rings (SSSR count). The molecule has 19 heavy (non-hydrogen) atoms. The quantitative estimate of drug-likeness (QED) is 0.887. The van der Waals surface area contributed by atoms with Crippen molar-refractivity contribution in [1.82, 2.24) is 9.80 Å². The minimum absolute atomic E-state index is 0.0382. The number of piperazine rings is 1. The van der Waals surface area contributed by atoms with Crippen molar-refractivity contribution in [3.8, 4) is 0 Å². The van der Waals surface area contributed by atoms with Gasteiger partial charge >= 0.3 is 0 Å². The van der Waals surface area contributed by atoms with E-state index in [0.717, 1.165) is 25.3 Å². The first-order chi connectivity index (χ1) is 9.10. The molecule has 1 aromatic rings. The van der Waals surface area contributed by atoms with Gasteiger partial charge in [-0.15, -0.1) is 0 Å². The molecule has 5 nitrogen and oxygen atoms in total. The molecule has 1 aromatic heterocycles. The van der Waals surface area contributed by atoms with Crippen LogP contribution in [0, 0.1) is 6.92 Å². The van der Waals surface area contributed by atoms with Gasteiger partial charge in [0.2, 0.25) is 0 Å². The highest BCUT2D eigenvalue weighted by atomic mass is 16.3. The summed E-state index contributed by atoms with van der Waals surface area (Å²) < 4.78 is 5.36. The Morgan fingerprint density at radius 1 is 1.37 bits per heavy atom. The normalized spacial score (nSPS) is 18.6. The lowest BCUT2D eigenvalue weighted by Crippen LogP contribution is -2.50. The predicted molar refractivity (Wildman–Crippen MR) is 72.1 cm³/mol. The number of hydrogen-bond donors (Lipinski definition) is 1. The Labute approximate surface area is 113 Å². The summed E-state index contributed by atoms with van der Waals surface area (Å²) in [5, 5.41) is 9.63. The van der Waals surface area contributed by atoms with Crippen LogP contribution in [0.5, 0.6) is 0 Å². The van der Waals surface area contributed by atoms with Gasteiger partial charge in [-0.2, -0.15) is 0 Å². The predicted octanol–water partition coefficient (Wildman–Crippen LogP) is 1.12. The number of aryl methyl sites for hydroxylation is 1. The first-order valence-corrected chi connectivity index (χ1v) is 6.86. The molecule has 0 saturated carbocycles. The third-order valence-electron chi connectivity index (χ3n) is 3.55. The van der Waals surface area contributed by atoms with E-state index in [1.165, 1.54) is 0 Å². The summed E-state index contributed by atoms with van der Waals surface area (Å²) in [4.78, 5) is 16.2. The highest BCUT2D eigenvalue weighted by Gasteiger charge is 2.24.